The normalized spacial score (nSPS) is 20.5. The van der Waals surface area contributed by atoms with Crippen molar-refractivity contribution in [2.24, 2.45) is 0 Å². The quantitative estimate of drug-likeness (QED) is 0.0864. The molecule has 0 amide bonds. The van der Waals surface area contributed by atoms with Crippen LogP contribution in [0.2, 0.25) is 0 Å². The van der Waals surface area contributed by atoms with Crippen molar-refractivity contribution >= 4 is 48.0 Å². The Kier molecular flexibility index (Phi) is 11.3. The van der Waals surface area contributed by atoms with Gasteiger partial charge in [-0.25, -0.2) is 0 Å². The van der Waals surface area contributed by atoms with Gasteiger partial charge in [-0.1, -0.05) is 166 Å². The van der Waals surface area contributed by atoms with E-state index in [1.54, 1.807) is 21.7 Å². The number of fused-ring (bicyclic) bond motifs is 2. The maximum atomic E-state index is 2.67. The Morgan fingerprint density at radius 3 is 1.74 bits per heavy atom. The van der Waals surface area contributed by atoms with Gasteiger partial charge in [0, 0.05) is 5.66 Å². The molecule has 2 fully saturated rings. The van der Waals surface area contributed by atoms with Gasteiger partial charge in [-0.3, -0.25) is 0 Å². The van der Waals surface area contributed by atoms with E-state index in [4.69, 9.17) is 0 Å². The standard InChI is InChI=1S/C44H56P2/c1-2-3-4-18-33-45(36-21-8-5-9-22-36)41-31-29-34-19-14-16-27-39(34)43(41)44-40-28-17-15-20-35(40)30-32-42(44)46(37-23-10-6-11-24-37)38-25-12-7-13-26-38/h8,14-17,19-21,27-32,36-38H,2-7,9-13,18,22-26,33H2,1H3. The van der Waals surface area contributed by atoms with Crippen LogP contribution in [0, 0.1) is 0 Å². The largest absolute Gasteiger partial charge is 0.0879 e. The highest BCUT2D eigenvalue weighted by atomic mass is 31.1. The summed E-state index contributed by atoms with van der Waals surface area (Å²) in [7, 11) is -0.538. The second-order valence-electron chi connectivity index (χ2n) is 14.5. The van der Waals surface area contributed by atoms with Crippen molar-refractivity contribution in [2.45, 2.75) is 133 Å². The Morgan fingerprint density at radius 2 is 1.15 bits per heavy atom. The van der Waals surface area contributed by atoms with Crippen LogP contribution in [0.4, 0.5) is 0 Å². The molecular weight excluding hydrogens is 590 g/mol. The molecule has 2 heteroatoms. The number of benzene rings is 4. The second kappa shape index (κ2) is 15.9. The van der Waals surface area contributed by atoms with E-state index < -0.39 is 0 Å². The first-order chi connectivity index (χ1) is 22.8. The van der Waals surface area contributed by atoms with E-state index in [2.05, 4.69) is 91.9 Å². The van der Waals surface area contributed by atoms with E-state index in [0.717, 1.165) is 11.3 Å². The third-order valence-electron chi connectivity index (χ3n) is 11.5. The molecular formula is C44H56P2. The Morgan fingerprint density at radius 1 is 0.565 bits per heavy atom. The molecule has 2 unspecified atom stereocenters. The minimum atomic E-state index is -0.304. The van der Waals surface area contributed by atoms with Gasteiger partial charge in [0.25, 0.3) is 0 Å². The summed E-state index contributed by atoms with van der Waals surface area (Å²) in [5.74, 6) is 0. The van der Waals surface area contributed by atoms with Gasteiger partial charge in [0.15, 0.2) is 0 Å². The molecule has 0 spiro atoms. The minimum Gasteiger partial charge on any atom is -0.0879 e. The SMILES string of the molecule is CCCCCCP(c1ccc2ccccc2c1-c1c(P(C2CCCCC2)C2CCCCC2)ccc2ccccc12)C1C=CCCC1. The van der Waals surface area contributed by atoms with Crippen LogP contribution < -0.4 is 10.6 Å². The van der Waals surface area contributed by atoms with Gasteiger partial charge in [0.05, 0.1) is 0 Å². The monoisotopic (exact) mass is 646 g/mol. The third kappa shape index (κ3) is 7.06. The lowest BCUT2D eigenvalue weighted by Gasteiger charge is -2.40. The highest BCUT2D eigenvalue weighted by Gasteiger charge is 2.35. The van der Waals surface area contributed by atoms with Crippen molar-refractivity contribution in [3.63, 3.8) is 0 Å². The first kappa shape index (κ1) is 32.5. The predicted octanol–water partition coefficient (Wildman–Crippen LogP) is 13.2. The molecule has 2 saturated carbocycles. The Hall–Kier alpha value is -2.00. The average Bonchev–Trinajstić information content (AvgIpc) is 3.13. The summed E-state index contributed by atoms with van der Waals surface area (Å²) in [6.45, 7) is 2.35. The zero-order valence-corrected chi connectivity index (χ0v) is 30.2. The van der Waals surface area contributed by atoms with Crippen LogP contribution in [0.15, 0.2) is 84.9 Å². The summed E-state index contributed by atoms with van der Waals surface area (Å²) in [5, 5.41) is 9.33. The van der Waals surface area contributed by atoms with E-state index in [9.17, 15) is 0 Å². The number of rotatable bonds is 11. The molecule has 7 rings (SSSR count). The van der Waals surface area contributed by atoms with Crippen molar-refractivity contribution in [3.8, 4) is 11.1 Å². The van der Waals surface area contributed by atoms with Crippen LogP contribution in [0.1, 0.15) is 116 Å². The highest BCUT2D eigenvalue weighted by molar-refractivity contribution is 7.68. The number of allylic oxidation sites excluding steroid dienone is 2. The van der Waals surface area contributed by atoms with Crippen LogP contribution in [0.3, 0.4) is 0 Å². The van der Waals surface area contributed by atoms with Crippen LogP contribution >= 0.6 is 15.8 Å². The van der Waals surface area contributed by atoms with Crippen molar-refractivity contribution in [2.75, 3.05) is 6.16 Å². The van der Waals surface area contributed by atoms with Crippen LogP contribution in [0.5, 0.6) is 0 Å². The Labute approximate surface area is 282 Å². The van der Waals surface area contributed by atoms with E-state index in [0.29, 0.717) is 5.66 Å². The molecule has 4 aromatic carbocycles. The summed E-state index contributed by atoms with van der Waals surface area (Å²) >= 11 is 0. The van der Waals surface area contributed by atoms with Crippen molar-refractivity contribution < 1.29 is 0 Å². The van der Waals surface area contributed by atoms with Gasteiger partial charge in [0.2, 0.25) is 0 Å². The van der Waals surface area contributed by atoms with Crippen molar-refractivity contribution in [1.29, 1.82) is 0 Å². The number of unbranched alkanes of at least 4 members (excludes halogenated alkanes) is 3. The molecule has 4 aromatic rings. The summed E-state index contributed by atoms with van der Waals surface area (Å²) in [6, 6.07) is 29.2. The van der Waals surface area contributed by atoms with Gasteiger partial charge >= 0.3 is 0 Å². The van der Waals surface area contributed by atoms with Gasteiger partial charge in [0.1, 0.15) is 0 Å². The maximum absolute atomic E-state index is 2.67. The zero-order chi connectivity index (χ0) is 31.1. The first-order valence-corrected chi connectivity index (χ1v) is 22.2. The lowest BCUT2D eigenvalue weighted by Crippen LogP contribution is -2.28. The van der Waals surface area contributed by atoms with E-state index >= 15 is 0 Å². The molecule has 0 aliphatic heterocycles. The molecule has 0 saturated heterocycles. The maximum Gasteiger partial charge on any atom is 0.00109 e. The summed E-state index contributed by atoms with van der Waals surface area (Å²) in [4.78, 5) is 0. The molecule has 242 valence electrons. The molecule has 3 aliphatic carbocycles. The summed E-state index contributed by atoms with van der Waals surface area (Å²) in [5.41, 5.74) is 5.77. The smallest absolute Gasteiger partial charge is 0.00109 e. The molecule has 0 heterocycles. The van der Waals surface area contributed by atoms with Crippen molar-refractivity contribution in [3.05, 3.63) is 84.9 Å². The van der Waals surface area contributed by atoms with E-state index in [-0.39, 0.29) is 15.8 Å². The van der Waals surface area contributed by atoms with Gasteiger partial charge in [-0.2, -0.15) is 0 Å². The number of hydrogen-bond acceptors (Lipinski definition) is 0. The lowest BCUT2D eigenvalue weighted by molar-refractivity contribution is 0.487. The summed E-state index contributed by atoms with van der Waals surface area (Å²) in [6.07, 6.45) is 30.4. The molecule has 46 heavy (non-hydrogen) atoms. The molecule has 0 aromatic heterocycles. The molecule has 0 N–H and O–H groups in total. The third-order valence-corrected chi connectivity index (χ3v) is 18.0. The Balaban J connectivity index is 1.48. The van der Waals surface area contributed by atoms with E-state index in [1.165, 1.54) is 137 Å². The first-order valence-electron chi connectivity index (χ1n) is 19.1. The van der Waals surface area contributed by atoms with Gasteiger partial charge < -0.3 is 0 Å². The van der Waals surface area contributed by atoms with Gasteiger partial charge in [-0.05, 0) is 112 Å². The summed E-state index contributed by atoms with van der Waals surface area (Å²) < 4.78 is 0. The van der Waals surface area contributed by atoms with Crippen LogP contribution in [-0.4, -0.2) is 23.1 Å². The van der Waals surface area contributed by atoms with Crippen LogP contribution in [0.25, 0.3) is 32.7 Å². The zero-order valence-electron chi connectivity index (χ0n) is 28.4. The van der Waals surface area contributed by atoms with Gasteiger partial charge in [-0.15, -0.1) is 0 Å². The minimum absolute atomic E-state index is 0.234. The molecule has 0 bridgehead atoms. The van der Waals surface area contributed by atoms with Crippen LogP contribution in [-0.2, 0) is 0 Å². The Bertz CT molecular complexity index is 1590. The fourth-order valence-electron chi connectivity index (χ4n) is 9.14. The highest BCUT2D eigenvalue weighted by Crippen LogP contribution is 2.58. The average molecular weight is 647 g/mol. The predicted molar refractivity (Wildman–Crippen MR) is 210 cm³/mol. The fraction of sp³-hybridized carbons (Fsp3) is 0.500. The fourth-order valence-corrected chi connectivity index (χ4v) is 16.2. The second-order valence-corrected chi connectivity index (χ2v) is 19.8. The topological polar surface area (TPSA) is 0 Å². The lowest BCUT2D eigenvalue weighted by atomic mass is 9.93. The number of hydrogen-bond donors (Lipinski definition) is 0. The molecule has 0 nitrogen and oxygen atoms in total. The molecule has 0 radical (unpaired) electrons. The van der Waals surface area contributed by atoms with E-state index in [1.807, 2.05) is 0 Å². The molecule has 2 atom stereocenters. The van der Waals surface area contributed by atoms with Crippen molar-refractivity contribution in [1.82, 2.24) is 0 Å². The molecule has 3 aliphatic rings.